The lowest BCUT2D eigenvalue weighted by Gasteiger charge is -2.25. The van der Waals surface area contributed by atoms with Crippen molar-refractivity contribution < 1.29 is 9.47 Å². The summed E-state index contributed by atoms with van der Waals surface area (Å²) in [6.07, 6.45) is 4.95. The number of hydrogen-bond acceptors (Lipinski definition) is 5. The third kappa shape index (κ3) is 4.18. The van der Waals surface area contributed by atoms with Gasteiger partial charge >= 0.3 is 0 Å². The van der Waals surface area contributed by atoms with Crippen molar-refractivity contribution >= 4 is 17.3 Å². The number of methoxy groups -OCH3 is 2. The van der Waals surface area contributed by atoms with Gasteiger partial charge in [-0.3, -0.25) is 4.79 Å². The molecule has 1 aliphatic carbocycles. The summed E-state index contributed by atoms with van der Waals surface area (Å²) in [4.78, 5) is 12.4. The molecular weight excluding hydrogens is 294 g/mol. The number of halogens is 1. The molecule has 21 heavy (non-hydrogen) atoms. The molecule has 6 nitrogen and oxygen atoms in total. The molecule has 1 heterocycles. The molecule has 0 aromatic carbocycles. The molecule has 118 valence electrons. The molecule has 1 aliphatic rings. The molecular formula is C14H22ClN3O3. The van der Waals surface area contributed by atoms with Crippen molar-refractivity contribution in [3.8, 4) is 0 Å². The van der Waals surface area contributed by atoms with E-state index in [-0.39, 0.29) is 11.7 Å². The molecule has 0 bridgehead atoms. The van der Waals surface area contributed by atoms with E-state index in [4.69, 9.17) is 21.1 Å². The Hall–Kier alpha value is -1.11. The van der Waals surface area contributed by atoms with Crippen LogP contribution in [0, 0.1) is 5.92 Å². The lowest BCUT2D eigenvalue weighted by molar-refractivity contribution is 0.0365. The van der Waals surface area contributed by atoms with Crippen LogP contribution in [0.25, 0.3) is 0 Å². The van der Waals surface area contributed by atoms with Gasteiger partial charge in [0.05, 0.1) is 23.9 Å². The smallest absolute Gasteiger partial charge is 0.291 e. The highest BCUT2D eigenvalue weighted by molar-refractivity contribution is 6.32. The Labute approximate surface area is 129 Å². The zero-order valence-electron chi connectivity index (χ0n) is 12.5. The Morgan fingerprint density at radius 2 is 2.29 bits per heavy atom. The van der Waals surface area contributed by atoms with E-state index in [0.29, 0.717) is 36.3 Å². The van der Waals surface area contributed by atoms with E-state index in [1.807, 2.05) is 0 Å². The van der Waals surface area contributed by atoms with E-state index in [2.05, 4.69) is 10.4 Å². The van der Waals surface area contributed by atoms with Gasteiger partial charge in [0, 0.05) is 27.3 Å². The van der Waals surface area contributed by atoms with E-state index in [1.165, 1.54) is 30.1 Å². The monoisotopic (exact) mass is 315 g/mol. The first kappa shape index (κ1) is 16.3. The number of nitrogens with one attached hydrogen (secondary N) is 1. The van der Waals surface area contributed by atoms with E-state index in [9.17, 15) is 4.79 Å². The number of rotatable bonds is 8. The minimum atomic E-state index is -0.179. The Kier molecular flexibility index (Phi) is 6.02. The molecule has 2 rings (SSSR count). The van der Waals surface area contributed by atoms with Gasteiger partial charge < -0.3 is 14.8 Å². The first-order valence-corrected chi connectivity index (χ1v) is 7.54. The summed E-state index contributed by atoms with van der Waals surface area (Å²) in [6.45, 7) is 1.56. The number of hydrogen-bond donors (Lipinski definition) is 1. The summed E-state index contributed by atoms with van der Waals surface area (Å²) < 4.78 is 11.8. The zero-order valence-corrected chi connectivity index (χ0v) is 13.2. The minimum Gasteiger partial charge on any atom is -0.382 e. The maximum absolute atomic E-state index is 12.4. The summed E-state index contributed by atoms with van der Waals surface area (Å²) in [5, 5.41) is 7.51. The largest absolute Gasteiger partial charge is 0.382 e. The topological polar surface area (TPSA) is 65.4 Å². The predicted molar refractivity (Wildman–Crippen MR) is 82.0 cm³/mol. The van der Waals surface area contributed by atoms with Crippen molar-refractivity contribution in [3.63, 3.8) is 0 Å². The summed E-state index contributed by atoms with van der Waals surface area (Å²) in [5.41, 5.74) is 0.200. The number of aromatic nitrogens is 2. The van der Waals surface area contributed by atoms with Crippen molar-refractivity contribution in [3.05, 3.63) is 21.6 Å². The van der Waals surface area contributed by atoms with Crippen LogP contribution in [0.2, 0.25) is 5.02 Å². The second kappa shape index (κ2) is 7.77. The quantitative estimate of drug-likeness (QED) is 0.792. The van der Waals surface area contributed by atoms with Crippen molar-refractivity contribution in [2.45, 2.75) is 31.9 Å². The van der Waals surface area contributed by atoms with Crippen LogP contribution in [0.4, 0.5) is 5.69 Å². The summed E-state index contributed by atoms with van der Waals surface area (Å²) in [5.74, 6) is 0.560. The van der Waals surface area contributed by atoms with Gasteiger partial charge in [0.2, 0.25) is 0 Å². The molecule has 0 radical (unpaired) electrons. The molecule has 1 aromatic heterocycles. The van der Waals surface area contributed by atoms with Crippen LogP contribution in [0.15, 0.2) is 11.0 Å². The van der Waals surface area contributed by atoms with Crippen LogP contribution >= 0.6 is 11.6 Å². The maximum Gasteiger partial charge on any atom is 0.291 e. The minimum absolute atomic E-state index is 0.140. The summed E-state index contributed by atoms with van der Waals surface area (Å²) in [7, 11) is 3.21. The summed E-state index contributed by atoms with van der Waals surface area (Å²) >= 11 is 6.08. The fourth-order valence-electron chi connectivity index (χ4n) is 2.29. The SMILES string of the molecule is COCC(CNc1c(Cl)cnn(CC2CCC2)c1=O)OC. The van der Waals surface area contributed by atoms with Crippen LogP contribution in [-0.2, 0) is 16.0 Å². The lowest BCUT2D eigenvalue weighted by Crippen LogP contribution is -2.33. The Bertz CT molecular complexity index is 517. The van der Waals surface area contributed by atoms with Gasteiger partial charge in [-0.05, 0) is 18.8 Å². The average Bonchev–Trinajstić information content (AvgIpc) is 2.43. The van der Waals surface area contributed by atoms with Crippen molar-refractivity contribution in [2.24, 2.45) is 5.92 Å². The average molecular weight is 316 g/mol. The van der Waals surface area contributed by atoms with Crippen molar-refractivity contribution in [1.82, 2.24) is 9.78 Å². The second-order valence-electron chi connectivity index (χ2n) is 5.35. The van der Waals surface area contributed by atoms with Crippen LogP contribution in [0.3, 0.4) is 0 Å². The first-order valence-electron chi connectivity index (χ1n) is 7.17. The predicted octanol–water partition coefficient (Wildman–Crippen LogP) is 1.77. The molecule has 1 N–H and O–H groups in total. The van der Waals surface area contributed by atoms with Crippen molar-refractivity contribution in [1.29, 1.82) is 0 Å². The number of anilines is 1. The standard InChI is InChI=1S/C14H22ClN3O3/c1-20-9-11(21-2)6-16-13-12(15)7-17-18(14(13)19)8-10-4-3-5-10/h7,10-11,16H,3-6,8-9H2,1-2H3. The fraction of sp³-hybridized carbons (Fsp3) is 0.714. The molecule has 0 amide bonds. The molecule has 0 saturated heterocycles. The van der Waals surface area contributed by atoms with Crippen LogP contribution in [0.1, 0.15) is 19.3 Å². The first-order chi connectivity index (χ1) is 10.2. The highest BCUT2D eigenvalue weighted by Crippen LogP contribution is 2.27. The van der Waals surface area contributed by atoms with Gasteiger partial charge in [-0.2, -0.15) is 5.10 Å². The molecule has 1 saturated carbocycles. The number of nitrogens with zero attached hydrogens (tertiary/aromatic N) is 2. The molecule has 0 aliphatic heterocycles. The van der Waals surface area contributed by atoms with Gasteiger partial charge in [-0.1, -0.05) is 18.0 Å². The maximum atomic E-state index is 12.4. The molecule has 1 aromatic rings. The van der Waals surface area contributed by atoms with Crippen molar-refractivity contribution in [2.75, 3.05) is 32.7 Å². The Morgan fingerprint density at radius 1 is 1.52 bits per heavy atom. The van der Waals surface area contributed by atoms with Gasteiger partial charge in [-0.25, -0.2) is 4.68 Å². The van der Waals surface area contributed by atoms with E-state index in [1.54, 1.807) is 14.2 Å². The highest BCUT2D eigenvalue weighted by Gasteiger charge is 2.20. The lowest BCUT2D eigenvalue weighted by atomic mass is 9.85. The van der Waals surface area contributed by atoms with Gasteiger partial charge in [0.25, 0.3) is 5.56 Å². The molecule has 0 spiro atoms. The normalized spacial score (nSPS) is 16.5. The van der Waals surface area contributed by atoms with E-state index < -0.39 is 0 Å². The van der Waals surface area contributed by atoms with E-state index >= 15 is 0 Å². The summed E-state index contributed by atoms with van der Waals surface area (Å²) in [6, 6.07) is 0. The van der Waals surface area contributed by atoms with Gasteiger partial charge in [0.1, 0.15) is 5.69 Å². The Morgan fingerprint density at radius 3 is 2.86 bits per heavy atom. The Balaban J connectivity index is 2.06. The van der Waals surface area contributed by atoms with Crippen LogP contribution in [-0.4, -0.2) is 43.3 Å². The third-order valence-corrected chi connectivity index (χ3v) is 4.13. The zero-order chi connectivity index (χ0) is 15.2. The third-order valence-electron chi connectivity index (χ3n) is 3.85. The number of ether oxygens (including phenoxy) is 2. The van der Waals surface area contributed by atoms with Crippen LogP contribution < -0.4 is 10.9 Å². The molecule has 1 fully saturated rings. The van der Waals surface area contributed by atoms with Gasteiger partial charge in [0.15, 0.2) is 0 Å². The second-order valence-corrected chi connectivity index (χ2v) is 5.75. The van der Waals surface area contributed by atoms with Gasteiger partial charge in [-0.15, -0.1) is 0 Å². The highest BCUT2D eigenvalue weighted by atomic mass is 35.5. The fourth-order valence-corrected chi connectivity index (χ4v) is 2.48. The molecule has 1 atom stereocenters. The van der Waals surface area contributed by atoms with E-state index in [0.717, 1.165) is 0 Å². The molecule has 1 unspecified atom stereocenters. The molecule has 7 heteroatoms. The van der Waals surface area contributed by atoms with Crippen LogP contribution in [0.5, 0.6) is 0 Å².